The molecule has 21 heteroatoms. The summed E-state index contributed by atoms with van der Waals surface area (Å²) in [5.74, 6) is -4.62. The number of aromatic nitrogens is 6. The average Bonchev–Trinajstić information content (AvgIpc) is 3.88. The number of pyridine rings is 2. The number of nitrogens with zero attached hydrogens (tertiary/aromatic N) is 5. The third-order valence-electron chi connectivity index (χ3n) is 6.49. The molecule has 6 rings (SSSR count). The van der Waals surface area contributed by atoms with Gasteiger partial charge in [-0.05, 0) is 23.3 Å². The Morgan fingerprint density at radius 3 is 1.61 bits per heavy atom. The van der Waals surface area contributed by atoms with Crippen molar-refractivity contribution in [3.63, 3.8) is 0 Å². The zero-order valence-electron chi connectivity index (χ0n) is 27.7. The van der Waals surface area contributed by atoms with E-state index in [1.165, 1.54) is 24.5 Å². The molecule has 0 amide bonds. The van der Waals surface area contributed by atoms with Gasteiger partial charge in [0.2, 0.25) is 17.3 Å². The first kappa shape index (κ1) is 44.0. The number of esters is 2. The Morgan fingerprint density at radius 1 is 0.696 bits per heavy atom. The van der Waals surface area contributed by atoms with Gasteiger partial charge in [0.05, 0.1) is 0 Å². The Kier molecular flexibility index (Phi) is 16.0. The third kappa shape index (κ3) is 13.8. The van der Waals surface area contributed by atoms with Crippen LogP contribution in [0.5, 0.6) is 0 Å². The number of rotatable bonds is 9. The van der Waals surface area contributed by atoms with E-state index in [-0.39, 0.29) is 48.9 Å². The monoisotopic (exact) mass is 854 g/mol. The molecule has 0 radical (unpaired) electrons. The second-order valence-electron chi connectivity index (χ2n) is 10.6. The minimum absolute atomic E-state index is 0. The number of hydrogen-bond donors (Lipinski definition) is 1. The van der Waals surface area contributed by atoms with Crippen molar-refractivity contribution < 1.29 is 54.2 Å². The zero-order valence-corrected chi connectivity index (χ0v) is 29.3. The number of carbonyl (C=O) groups is 2. The molecular formula is C35H29BrF6N6O8. The van der Waals surface area contributed by atoms with Crippen LogP contribution >= 0.6 is 15.9 Å². The summed E-state index contributed by atoms with van der Waals surface area (Å²) in [7, 11) is 0. The summed E-state index contributed by atoms with van der Waals surface area (Å²) in [6.45, 7) is 0.0730. The number of hydrogen-bond acceptors (Lipinski definition) is 12. The third-order valence-corrected chi connectivity index (χ3v) is 6.95. The van der Waals surface area contributed by atoms with Gasteiger partial charge in [-0.3, -0.25) is 19.2 Å². The standard InChI is InChI=1S/C17H12F3N3O4.C9H9BrO2.C8H4F3N3O2.CH4/c18-17(19,20)16-22-21-15(27-16)12-6-7-23(13(24)8-12)9-14(25)26-10-11-4-2-1-3-5-11;10-6-9(11)12-7-8-4-2-1-3-5-8;9-8(10,11)7-14-13-6(16-7)4-1-2-12-5(15)3-4;/h1-8H,9-10H2;1-5H,6-7H2;1-3H,(H,12,15);1H4. The maximum atomic E-state index is 12.5. The largest absolute Gasteiger partial charge is 0.470 e. The highest BCUT2D eigenvalue weighted by Crippen LogP contribution is 2.31. The SMILES string of the molecule is C.O=C(CBr)OCc1ccccc1.O=C(Cn1ccc(-c2nnc(C(F)(F)F)o2)cc1=O)OCc1ccccc1.O=c1cc(-c2nnc(C(F)(F)F)o2)cc[nH]1. The molecule has 1 N–H and O–H groups in total. The van der Waals surface area contributed by atoms with Crippen molar-refractivity contribution in [2.24, 2.45) is 0 Å². The first-order chi connectivity index (χ1) is 26.1. The quantitative estimate of drug-likeness (QED) is 0.0906. The molecule has 296 valence electrons. The average molecular weight is 856 g/mol. The summed E-state index contributed by atoms with van der Waals surface area (Å²) >= 11 is 3.01. The van der Waals surface area contributed by atoms with Crippen LogP contribution in [0.3, 0.4) is 0 Å². The number of halogens is 7. The van der Waals surface area contributed by atoms with Crippen molar-refractivity contribution in [1.29, 1.82) is 0 Å². The van der Waals surface area contributed by atoms with Gasteiger partial charge in [-0.2, -0.15) is 26.3 Å². The maximum Gasteiger partial charge on any atom is 0.470 e. The molecule has 0 aliphatic rings. The van der Waals surface area contributed by atoms with Crippen LogP contribution in [0.1, 0.15) is 30.3 Å². The van der Waals surface area contributed by atoms with Crippen molar-refractivity contribution in [1.82, 2.24) is 29.9 Å². The van der Waals surface area contributed by atoms with E-state index < -0.39 is 47.1 Å². The molecule has 4 aromatic heterocycles. The lowest BCUT2D eigenvalue weighted by Crippen LogP contribution is -2.24. The summed E-state index contributed by atoms with van der Waals surface area (Å²) < 4.78 is 93.8. The van der Waals surface area contributed by atoms with E-state index in [1.807, 2.05) is 36.4 Å². The second kappa shape index (κ2) is 20.3. The van der Waals surface area contributed by atoms with Crippen LogP contribution in [0.2, 0.25) is 0 Å². The smallest absolute Gasteiger partial charge is 0.460 e. The summed E-state index contributed by atoms with van der Waals surface area (Å²) in [5.41, 5.74) is 0.848. The Balaban J connectivity index is 0.000000246. The van der Waals surface area contributed by atoms with Gasteiger partial charge in [-0.1, -0.05) is 84.0 Å². The number of nitrogens with one attached hydrogen (secondary N) is 1. The fourth-order valence-electron chi connectivity index (χ4n) is 3.96. The normalized spacial score (nSPS) is 10.8. The van der Waals surface area contributed by atoms with Gasteiger partial charge in [-0.25, -0.2) is 0 Å². The van der Waals surface area contributed by atoms with Crippen LogP contribution in [-0.4, -0.2) is 47.2 Å². The molecule has 0 spiro atoms. The molecule has 2 aromatic carbocycles. The molecule has 0 fully saturated rings. The lowest BCUT2D eigenvalue weighted by Gasteiger charge is -2.07. The highest BCUT2D eigenvalue weighted by molar-refractivity contribution is 9.09. The minimum Gasteiger partial charge on any atom is -0.460 e. The molecule has 0 aliphatic carbocycles. The highest BCUT2D eigenvalue weighted by atomic mass is 79.9. The fourth-order valence-corrected chi connectivity index (χ4v) is 4.12. The van der Waals surface area contributed by atoms with Gasteiger partial charge < -0.3 is 27.9 Å². The van der Waals surface area contributed by atoms with Crippen LogP contribution in [0.15, 0.2) is 116 Å². The van der Waals surface area contributed by atoms with Crippen molar-refractivity contribution in [3.05, 3.63) is 141 Å². The molecule has 0 saturated heterocycles. The van der Waals surface area contributed by atoms with E-state index in [1.54, 1.807) is 24.3 Å². The first-order valence-corrected chi connectivity index (χ1v) is 16.4. The number of alkyl halides is 7. The fraction of sp³-hybridized carbons (Fsp3) is 0.200. The molecule has 0 saturated carbocycles. The Hall–Kier alpha value is -6.38. The van der Waals surface area contributed by atoms with Gasteiger partial charge in [0, 0.05) is 35.7 Å². The van der Waals surface area contributed by atoms with E-state index in [0.717, 1.165) is 27.8 Å². The Morgan fingerprint density at radius 2 is 1.18 bits per heavy atom. The molecule has 6 aromatic rings. The van der Waals surface area contributed by atoms with Gasteiger partial charge >= 0.3 is 36.1 Å². The van der Waals surface area contributed by atoms with Gasteiger partial charge in [0.1, 0.15) is 25.1 Å². The van der Waals surface area contributed by atoms with Crippen molar-refractivity contribution in [2.45, 2.75) is 39.5 Å². The first-order valence-electron chi connectivity index (χ1n) is 15.3. The van der Waals surface area contributed by atoms with E-state index in [2.05, 4.69) is 50.1 Å². The zero-order chi connectivity index (χ0) is 40.0. The molecule has 0 unspecified atom stereocenters. The van der Waals surface area contributed by atoms with Gasteiger partial charge in [0.25, 0.3) is 5.56 Å². The Labute approximate surface area is 320 Å². The summed E-state index contributed by atoms with van der Waals surface area (Å²) in [4.78, 5) is 47.9. The second-order valence-corrected chi connectivity index (χ2v) is 11.1. The van der Waals surface area contributed by atoms with Crippen LogP contribution in [-0.2, 0) is 51.2 Å². The summed E-state index contributed by atoms with van der Waals surface area (Å²) in [5, 5.41) is 12.5. The minimum atomic E-state index is -4.78. The van der Waals surface area contributed by atoms with Gasteiger partial charge in [0.15, 0.2) is 0 Å². The Bertz CT molecular complexity index is 2280. The summed E-state index contributed by atoms with van der Waals surface area (Å²) in [6.07, 6.45) is -6.96. The van der Waals surface area contributed by atoms with Gasteiger partial charge in [-0.15, -0.1) is 20.4 Å². The molecule has 0 aliphatic heterocycles. The number of benzene rings is 2. The number of aromatic amines is 1. The molecule has 4 heterocycles. The lowest BCUT2D eigenvalue weighted by atomic mass is 10.2. The molecule has 0 atom stereocenters. The number of carbonyl (C=O) groups excluding carboxylic acids is 2. The molecule has 14 nitrogen and oxygen atoms in total. The van der Waals surface area contributed by atoms with E-state index in [4.69, 9.17) is 9.47 Å². The van der Waals surface area contributed by atoms with Crippen molar-refractivity contribution in [3.8, 4) is 22.9 Å². The molecule has 56 heavy (non-hydrogen) atoms. The van der Waals surface area contributed by atoms with Crippen molar-refractivity contribution in [2.75, 3.05) is 5.33 Å². The van der Waals surface area contributed by atoms with Crippen LogP contribution < -0.4 is 11.1 Å². The molecule has 0 bridgehead atoms. The van der Waals surface area contributed by atoms with Crippen molar-refractivity contribution >= 4 is 27.9 Å². The number of H-pyrrole nitrogens is 1. The highest BCUT2D eigenvalue weighted by Gasteiger charge is 2.39. The van der Waals surface area contributed by atoms with E-state index in [0.29, 0.717) is 6.61 Å². The predicted octanol–water partition coefficient (Wildman–Crippen LogP) is 6.87. The topological polar surface area (TPSA) is 185 Å². The van der Waals surface area contributed by atoms with E-state index in [9.17, 15) is 45.5 Å². The van der Waals surface area contributed by atoms with Crippen LogP contribution in [0.4, 0.5) is 26.3 Å². The van der Waals surface area contributed by atoms with E-state index >= 15 is 0 Å². The summed E-state index contributed by atoms with van der Waals surface area (Å²) in [6, 6.07) is 23.3. The van der Waals surface area contributed by atoms with Crippen LogP contribution in [0.25, 0.3) is 22.9 Å². The lowest BCUT2D eigenvalue weighted by molar-refractivity contribution is -0.157. The predicted molar refractivity (Wildman–Crippen MR) is 187 cm³/mol. The number of ether oxygens (including phenoxy) is 2. The maximum absolute atomic E-state index is 12.5. The molecular weight excluding hydrogens is 826 g/mol. The van der Waals surface area contributed by atoms with Crippen LogP contribution in [0, 0.1) is 0 Å².